The van der Waals surface area contributed by atoms with Gasteiger partial charge in [0.2, 0.25) is 0 Å². The number of carbonyl (C=O) groups is 1. The van der Waals surface area contributed by atoms with Crippen LogP contribution in [0.4, 0.5) is 0 Å². The summed E-state index contributed by atoms with van der Waals surface area (Å²) in [6.07, 6.45) is 2.27. The predicted molar refractivity (Wildman–Crippen MR) is 89.4 cm³/mol. The van der Waals surface area contributed by atoms with Crippen molar-refractivity contribution in [3.05, 3.63) is 16.1 Å². The van der Waals surface area contributed by atoms with Gasteiger partial charge in [-0.05, 0) is 12.8 Å². The van der Waals surface area contributed by atoms with Gasteiger partial charge >= 0.3 is 0 Å². The maximum atomic E-state index is 12.3. The first-order chi connectivity index (χ1) is 10.7. The van der Waals surface area contributed by atoms with Gasteiger partial charge in [-0.2, -0.15) is 0 Å². The molecule has 6 heteroatoms. The summed E-state index contributed by atoms with van der Waals surface area (Å²) < 4.78 is 5.46. The lowest BCUT2D eigenvalue weighted by molar-refractivity contribution is 0.00192. The molecule has 1 aliphatic heterocycles. The van der Waals surface area contributed by atoms with E-state index in [0.717, 1.165) is 49.7 Å². The van der Waals surface area contributed by atoms with E-state index < -0.39 is 0 Å². The molecule has 1 saturated heterocycles. The van der Waals surface area contributed by atoms with Crippen molar-refractivity contribution in [1.82, 2.24) is 15.2 Å². The van der Waals surface area contributed by atoms with Gasteiger partial charge in [0.25, 0.3) is 5.91 Å². The zero-order chi connectivity index (χ0) is 15.9. The molecule has 1 amide bonds. The fraction of sp³-hybridized carbons (Fsp3) is 0.750. The van der Waals surface area contributed by atoms with Crippen LogP contribution >= 0.6 is 11.3 Å². The Bertz CT molecular complexity index is 468. The normalized spacial score (nSPS) is 17.6. The highest BCUT2D eigenvalue weighted by Gasteiger charge is 2.27. The lowest BCUT2D eigenvalue weighted by Crippen LogP contribution is -2.52. The summed E-state index contributed by atoms with van der Waals surface area (Å²) in [4.78, 5) is 19.7. The molecule has 1 aliphatic rings. The molecule has 0 aliphatic carbocycles. The number of amides is 1. The Morgan fingerprint density at radius 3 is 2.64 bits per heavy atom. The first kappa shape index (κ1) is 17.4. The third-order valence-electron chi connectivity index (χ3n) is 4.53. The highest BCUT2D eigenvalue weighted by molar-refractivity contribution is 7.11. The van der Waals surface area contributed by atoms with E-state index in [1.165, 1.54) is 11.3 Å². The van der Waals surface area contributed by atoms with Gasteiger partial charge in [-0.1, -0.05) is 26.7 Å². The minimum Gasteiger partial charge on any atom is -0.379 e. The van der Waals surface area contributed by atoms with E-state index in [0.29, 0.717) is 18.5 Å². The number of morpholine rings is 1. The van der Waals surface area contributed by atoms with E-state index in [2.05, 4.69) is 29.0 Å². The minimum absolute atomic E-state index is 0.00390. The second-order valence-corrected chi connectivity index (χ2v) is 6.62. The van der Waals surface area contributed by atoms with Gasteiger partial charge in [-0.15, -0.1) is 11.3 Å². The monoisotopic (exact) mass is 325 g/mol. The van der Waals surface area contributed by atoms with E-state index in [1.807, 2.05) is 6.92 Å². The summed E-state index contributed by atoms with van der Waals surface area (Å²) in [5.74, 6) is 0.602. The van der Waals surface area contributed by atoms with E-state index in [-0.39, 0.29) is 5.91 Å². The summed E-state index contributed by atoms with van der Waals surface area (Å²) in [7, 11) is 0. The van der Waals surface area contributed by atoms with Crippen molar-refractivity contribution in [3.63, 3.8) is 0 Å². The Morgan fingerprint density at radius 1 is 1.41 bits per heavy atom. The fourth-order valence-electron chi connectivity index (χ4n) is 3.13. The highest BCUT2D eigenvalue weighted by atomic mass is 32.1. The Labute approximate surface area is 137 Å². The van der Waals surface area contributed by atoms with Crippen LogP contribution < -0.4 is 5.32 Å². The molecule has 1 N–H and O–H groups in total. The van der Waals surface area contributed by atoms with Crippen LogP contribution in [0.15, 0.2) is 5.51 Å². The van der Waals surface area contributed by atoms with Gasteiger partial charge in [-0.25, -0.2) is 4.98 Å². The van der Waals surface area contributed by atoms with Crippen molar-refractivity contribution in [2.24, 2.45) is 5.92 Å². The quantitative estimate of drug-likeness (QED) is 0.836. The fourth-order valence-corrected chi connectivity index (χ4v) is 3.85. The van der Waals surface area contributed by atoms with Crippen LogP contribution in [0, 0.1) is 12.8 Å². The molecule has 2 heterocycles. The summed E-state index contributed by atoms with van der Waals surface area (Å²) in [5, 5.41) is 3.12. The maximum absolute atomic E-state index is 12.3. The number of hydrogen-bond acceptors (Lipinski definition) is 5. The van der Waals surface area contributed by atoms with Crippen molar-refractivity contribution in [2.75, 3.05) is 32.8 Å². The maximum Gasteiger partial charge on any atom is 0.263 e. The molecule has 1 aromatic rings. The second-order valence-electron chi connectivity index (χ2n) is 5.77. The van der Waals surface area contributed by atoms with Gasteiger partial charge in [0, 0.05) is 25.7 Å². The van der Waals surface area contributed by atoms with Crippen molar-refractivity contribution in [2.45, 2.75) is 39.7 Å². The predicted octanol–water partition coefficient (Wildman–Crippen LogP) is 2.32. The smallest absolute Gasteiger partial charge is 0.263 e. The van der Waals surface area contributed by atoms with Crippen LogP contribution in [0.3, 0.4) is 0 Å². The Balaban J connectivity index is 1.99. The molecule has 124 valence electrons. The minimum atomic E-state index is 0.00390. The van der Waals surface area contributed by atoms with E-state index in [9.17, 15) is 4.79 Å². The van der Waals surface area contributed by atoms with Crippen LogP contribution in [0.2, 0.25) is 0 Å². The molecule has 1 atom stereocenters. The molecule has 0 bridgehead atoms. The summed E-state index contributed by atoms with van der Waals surface area (Å²) in [6, 6.07) is 0.385. The second kappa shape index (κ2) is 8.60. The molecule has 0 radical (unpaired) electrons. The number of nitrogens with zero attached hydrogens (tertiary/aromatic N) is 2. The van der Waals surface area contributed by atoms with E-state index in [4.69, 9.17) is 4.74 Å². The molecular formula is C16H27N3O2S. The zero-order valence-electron chi connectivity index (χ0n) is 13.8. The molecular weight excluding hydrogens is 298 g/mol. The van der Waals surface area contributed by atoms with Crippen LogP contribution in [-0.4, -0.2) is 54.7 Å². The van der Waals surface area contributed by atoms with Crippen LogP contribution in [-0.2, 0) is 4.74 Å². The third kappa shape index (κ3) is 4.27. The zero-order valence-corrected chi connectivity index (χ0v) is 14.6. The van der Waals surface area contributed by atoms with Crippen LogP contribution in [0.1, 0.15) is 42.1 Å². The highest BCUT2D eigenvalue weighted by Crippen LogP contribution is 2.20. The SMILES string of the molecule is CCC(CC)[C@H](CNC(=O)c1scnc1C)N1CCOCC1. The number of thiazole rings is 1. The Kier molecular flexibility index (Phi) is 6.79. The molecule has 22 heavy (non-hydrogen) atoms. The van der Waals surface area contributed by atoms with Gasteiger partial charge in [-0.3, -0.25) is 9.69 Å². The average molecular weight is 325 g/mol. The van der Waals surface area contributed by atoms with Gasteiger partial charge in [0.15, 0.2) is 0 Å². The number of aryl methyl sites for hydroxylation is 1. The van der Waals surface area contributed by atoms with Crippen molar-refractivity contribution >= 4 is 17.2 Å². The molecule has 0 saturated carbocycles. The standard InChI is InChI=1S/C16H27N3O2S/c1-4-13(5-2)14(19-6-8-21-9-7-19)10-17-16(20)15-12(3)18-11-22-15/h11,13-14H,4-10H2,1-3H3,(H,17,20)/t14-/m0/s1. The summed E-state index contributed by atoms with van der Waals surface area (Å²) >= 11 is 1.41. The first-order valence-corrected chi connectivity index (χ1v) is 9.05. The number of ether oxygens (including phenoxy) is 1. The van der Waals surface area contributed by atoms with Crippen molar-refractivity contribution in [1.29, 1.82) is 0 Å². The Hall–Kier alpha value is -0.980. The summed E-state index contributed by atoms with van der Waals surface area (Å²) in [5.41, 5.74) is 2.54. The Morgan fingerprint density at radius 2 is 2.09 bits per heavy atom. The van der Waals surface area contributed by atoms with Crippen molar-refractivity contribution < 1.29 is 9.53 Å². The van der Waals surface area contributed by atoms with Gasteiger partial charge in [0.05, 0.1) is 24.4 Å². The molecule has 5 nitrogen and oxygen atoms in total. The number of carbonyl (C=O) groups excluding carboxylic acids is 1. The van der Waals surface area contributed by atoms with Crippen LogP contribution in [0.5, 0.6) is 0 Å². The average Bonchev–Trinajstić information content (AvgIpc) is 2.98. The molecule has 1 fully saturated rings. The number of rotatable bonds is 7. The van der Waals surface area contributed by atoms with E-state index >= 15 is 0 Å². The molecule has 2 rings (SSSR count). The topological polar surface area (TPSA) is 54.5 Å². The molecule has 0 spiro atoms. The van der Waals surface area contributed by atoms with Gasteiger partial charge in [0.1, 0.15) is 4.88 Å². The lowest BCUT2D eigenvalue weighted by atomic mass is 9.92. The van der Waals surface area contributed by atoms with Crippen molar-refractivity contribution in [3.8, 4) is 0 Å². The first-order valence-electron chi connectivity index (χ1n) is 8.17. The largest absolute Gasteiger partial charge is 0.379 e. The lowest BCUT2D eigenvalue weighted by Gasteiger charge is -2.38. The molecule has 1 aromatic heterocycles. The number of nitrogens with one attached hydrogen (secondary N) is 1. The molecule has 0 unspecified atom stereocenters. The molecule has 0 aromatic carbocycles. The third-order valence-corrected chi connectivity index (χ3v) is 5.46. The van der Waals surface area contributed by atoms with Crippen LogP contribution in [0.25, 0.3) is 0 Å². The summed E-state index contributed by atoms with van der Waals surface area (Å²) in [6.45, 7) is 10.5. The number of aromatic nitrogens is 1. The van der Waals surface area contributed by atoms with Gasteiger partial charge < -0.3 is 10.1 Å². The van der Waals surface area contributed by atoms with E-state index in [1.54, 1.807) is 5.51 Å². The number of hydrogen-bond donors (Lipinski definition) is 1.